The fourth-order valence-corrected chi connectivity index (χ4v) is 1.44. The number of hydrogen-bond donors (Lipinski definition) is 1. The van der Waals surface area contributed by atoms with Crippen molar-refractivity contribution in [1.29, 1.82) is 0 Å². The van der Waals surface area contributed by atoms with Gasteiger partial charge < -0.3 is 10.2 Å². The molecule has 4 heteroatoms. The van der Waals surface area contributed by atoms with Crippen LogP contribution in [-0.4, -0.2) is 10.8 Å². The second-order valence-electron chi connectivity index (χ2n) is 3.64. The summed E-state index contributed by atoms with van der Waals surface area (Å²) in [6.45, 7) is 2.40. The monoisotopic (exact) mass is 229 g/mol. The fraction of sp³-hybridized carbons (Fsp3) is 0.231. The van der Waals surface area contributed by atoms with Crippen LogP contribution in [0.15, 0.2) is 45.9 Å². The molecule has 1 aromatic carbocycles. The van der Waals surface area contributed by atoms with Gasteiger partial charge in [0.25, 0.3) is 0 Å². The predicted octanol–water partition coefficient (Wildman–Crippen LogP) is 2.14. The van der Waals surface area contributed by atoms with E-state index in [1.54, 1.807) is 6.20 Å². The topological polar surface area (TPSA) is 64.4 Å². The van der Waals surface area contributed by atoms with Crippen LogP contribution in [0, 0.1) is 0 Å². The minimum Gasteiger partial charge on any atom is -0.444 e. The van der Waals surface area contributed by atoms with E-state index in [0.29, 0.717) is 18.3 Å². The summed E-state index contributed by atoms with van der Waals surface area (Å²) in [5, 5.41) is 0. The molecule has 0 saturated carbocycles. The molecule has 0 radical (unpaired) electrons. The van der Waals surface area contributed by atoms with Crippen molar-refractivity contribution in [3.8, 4) is 0 Å². The van der Waals surface area contributed by atoms with Crippen LogP contribution in [0.2, 0.25) is 0 Å². The van der Waals surface area contributed by atoms with E-state index in [9.17, 15) is 0 Å². The Morgan fingerprint density at radius 3 is 2.76 bits per heavy atom. The molecule has 0 aliphatic carbocycles. The molecule has 0 unspecified atom stereocenters. The van der Waals surface area contributed by atoms with Crippen LogP contribution in [0.25, 0.3) is 0 Å². The van der Waals surface area contributed by atoms with E-state index >= 15 is 0 Å². The molecular weight excluding hydrogens is 214 g/mol. The minimum absolute atomic E-state index is 0.376. The zero-order valence-electron chi connectivity index (χ0n) is 9.76. The number of aryl methyl sites for hydroxylation is 1. The van der Waals surface area contributed by atoms with Crippen molar-refractivity contribution in [1.82, 2.24) is 4.98 Å². The Morgan fingerprint density at radius 2 is 2.12 bits per heavy atom. The van der Waals surface area contributed by atoms with Crippen LogP contribution < -0.4 is 5.73 Å². The molecular formula is C13H15N3O. The van der Waals surface area contributed by atoms with Gasteiger partial charge in [-0.15, -0.1) is 0 Å². The largest absolute Gasteiger partial charge is 0.444 e. The average molecular weight is 229 g/mol. The molecule has 0 aliphatic rings. The van der Waals surface area contributed by atoms with Gasteiger partial charge in [0.1, 0.15) is 18.1 Å². The lowest BCUT2D eigenvalue weighted by molar-refractivity contribution is 0.461. The summed E-state index contributed by atoms with van der Waals surface area (Å²) < 4.78 is 5.45. The van der Waals surface area contributed by atoms with E-state index in [-0.39, 0.29) is 0 Å². The first-order valence-corrected chi connectivity index (χ1v) is 5.58. The molecule has 4 nitrogen and oxygen atoms in total. The summed E-state index contributed by atoms with van der Waals surface area (Å²) in [6, 6.07) is 9.65. The smallest absolute Gasteiger partial charge is 0.216 e. The first-order valence-electron chi connectivity index (χ1n) is 5.58. The minimum atomic E-state index is 0.376. The van der Waals surface area contributed by atoms with Crippen LogP contribution in [0.4, 0.5) is 0 Å². The summed E-state index contributed by atoms with van der Waals surface area (Å²) in [5.74, 6) is 1.97. The average Bonchev–Trinajstić information content (AvgIpc) is 2.85. The standard InChI is InChI=1S/C13H15N3O/c1-2-11-8-15-12(17-11)9-16-13(14)10-6-4-3-5-7-10/h3-8H,2,9H2,1H3,(H2,14,16). The van der Waals surface area contributed by atoms with Gasteiger partial charge in [-0.05, 0) is 0 Å². The molecule has 2 rings (SSSR count). The van der Waals surface area contributed by atoms with E-state index in [2.05, 4.69) is 9.98 Å². The van der Waals surface area contributed by atoms with Crippen molar-refractivity contribution in [3.63, 3.8) is 0 Å². The van der Waals surface area contributed by atoms with Crippen LogP contribution in [0.1, 0.15) is 24.1 Å². The maximum absolute atomic E-state index is 5.86. The third-order valence-electron chi connectivity index (χ3n) is 2.40. The zero-order valence-corrected chi connectivity index (χ0v) is 9.76. The summed E-state index contributed by atoms with van der Waals surface area (Å²) in [7, 11) is 0. The Labute approximate surface area is 100 Å². The zero-order chi connectivity index (χ0) is 12.1. The summed E-state index contributed by atoms with van der Waals surface area (Å²) in [4.78, 5) is 8.37. The Morgan fingerprint density at radius 1 is 1.35 bits per heavy atom. The van der Waals surface area contributed by atoms with Gasteiger partial charge in [0.2, 0.25) is 5.89 Å². The van der Waals surface area contributed by atoms with Gasteiger partial charge in [-0.2, -0.15) is 0 Å². The molecule has 1 aromatic heterocycles. The van der Waals surface area contributed by atoms with E-state index in [4.69, 9.17) is 10.2 Å². The maximum Gasteiger partial charge on any atom is 0.216 e. The van der Waals surface area contributed by atoms with Crippen molar-refractivity contribution >= 4 is 5.84 Å². The second-order valence-corrected chi connectivity index (χ2v) is 3.64. The molecule has 0 saturated heterocycles. The number of oxazole rings is 1. The van der Waals surface area contributed by atoms with E-state index in [1.807, 2.05) is 37.3 Å². The van der Waals surface area contributed by atoms with Gasteiger partial charge in [0, 0.05) is 12.0 Å². The van der Waals surface area contributed by atoms with Gasteiger partial charge in [-0.3, -0.25) is 4.99 Å². The number of rotatable bonds is 4. The highest BCUT2D eigenvalue weighted by Gasteiger charge is 2.02. The third-order valence-corrected chi connectivity index (χ3v) is 2.40. The lowest BCUT2D eigenvalue weighted by atomic mass is 10.2. The van der Waals surface area contributed by atoms with Gasteiger partial charge in [0.05, 0.1) is 6.20 Å². The number of hydrogen-bond acceptors (Lipinski definition) is 3. The van der Waals surface area contributed by atoms with Crippen LogP contribution in [-0.2, 0) is 13.0 Å². The highest BCUT2D eigenvalue weighted by atomic mass is 16.4. The number of aromatic nitrogens is 1. The SMILES string of the molecule is CCc1cnc(CN=C(N)c2ccccc2)o1. The first kappa shape index (κ1) is 11.4. The van der Waals surface area contributed by atoms with Gasteiger partial charge in [-0.25, -0.2) is 4.98 Å². The number of nitrogens with zero attached hydrogens (tertiary/aromatic N) is 2. The summed E-state index contributed by atoms with van der Waals surface area (Å²) >= 11 is 0. The Bertz CT molecular complexity index is 502. The number of aliphatic imine (C=N–C) groups is 1. The normalized spacial score (nSPS) is 11.7. The quantitative estimate of drug-likeness (QED) is 0.645. The van der Waals surface area contributed by atoms with Crippen LogP contribution >= 0.6 is 0 Å². The first-order chi connectivity index (χ1) is 8.29. The van der Waals surface area contributed by atoms with Crippen molar-refractivity contribution in [2.45, 2.75) is 19.9 Å². The number of nitrogens with two attached hydrogens (primary N) is 1. The van der Waals surface area contributed by atoms with E-state index in [0.717, 1.165) is 17.7 Å². The van der Waals surface area contributed by atoms with Gasteiger partial charge in [-0.1, -0.05) is 37.3 Å². The number of benzene rings is 1. The van der Waals surface area contributed by atoms with Crippen molar-refractivity contribution in [2.24, 2.45) is 10.7 Å². The predicted molar refractivity (Wildman–Crippen MR) is 66.8 cm³/mol. The molecule has 0 fully saturated rings. The Hall–Kier alpha value is -2.10. The van der Waals surface area contributed by atoms with Crippen LogP contribution in [0.3, 0.4) is 0 Å². The maximum atomic E-state index is 5.86. The molecule has 0 bridgehead atoms. The number of amidine groups is 1. The van der Waals surface area contributed by atoms with E-state index in [1.165, 1.54) is 0 Å². The lowest BCUT2D eigenvalue weighted by Gasteiger charge is -1.98. The Balaban J connectivity index is 2.05. The fourth-order valence-electron chi connectivity index (χ4n) is 1.44. The highest BCUT2D eigenvalue weighted by molar-refractivity contribution is 5.97. The van der Waals surface area contributed by atoms with Gasteiger partial charge >= 0.3 is 0 Å². The van der Waals surface area contributed by atoms with Gasteiger partial charge in [0.15, 0.2) is 0 Å². The molecule has 0 atom stereocenters. The van der Waals surface area contributed by atoms with Crippen molar-refractivity contribution in [3.05, 3.63) is 53.7 Å². The lowest BCUT2D eigenvalue weighted by Crippen LogP contribution is -2.13. The molecule has 0 amide bonds. The molecule has 0 spiro atoms. The molecule has 17 heavy (non-hydrogen) atoms. The third kappa shape index (κ3) is 2.93. The van der Waals surface area contributed by atoms with Crippen LogP contribution in [0.5, 0.6) is 0 Å². The highest BCUT2D eigenvalue weighted by Crippen LogP contribution is 2.06. The van der Waals surface area contributed by atoms with Crippen molar-refractivity contribution < 1.29 is 4.42 Å². The second kappa shape index (κ2) is 5.30. The molecule has 0 aliphatic heterocycles. The molecule has 2 aromatic rings. The summed E-state index contributed by atoms with van der Waals surface area (Å²) in [5.41, 5.74) is 6.77. The molecule has 2 N–H and O–H groups in total. The molecule has 1 heterocycles. The van der Waals surface area contributed by atoms with Crippen molar-refractivity contribution in [2.75, 3.05) is 0 Å². The molecule has 88 valence electrons. The summed E-state index contributed by atoms with van der Waals surface area (Å²) in [6.07, 6.45) is 2.56. The van der Waals surface area contributed by atoms with E-state index < -0.39 is 0 Å². The Kier molecular flexibility index (Phi) is 3.55.